The number of fused-ring (bicyclic) bond motifs is 1. The van der Waals surface area contributed by atoms with Crippen molar-refractivity contribution < 1.29 is 0 Å². The summed E-state index contributed by atoms with van der Waals surface area (Å²) in [6.07, 6.45) is 7.53. The number of hydrogen-bond acceptors (Lipinski definition) is 3. The van der Waals surface area contributed by atoms with Gasteiger partial charge >= 0.3 is 0 Å². The highest BCUT2D eigenvalue weighted by molar-refractivity contribution is 5.37. The van der Waals surface area contributed by atoms with Crippen LogP contribution < -0.4 is 5.32 Å². The van der Waals surface area contributed by atoms with Crippen LogP contribution in [0.5, 0.6) is 0 Å². The standard InChI is InChI=1S/C11H17N3/c1-12-11-8-9-6-4-2-3-5-7-10(9)13-14-11/h8H,2-7H2,1H3,(H,12,14). The minimum absolute atomic E-state index is 0.893. The third-order valence-corrected chi connectivity index (χ3v) is 2.83. The van der Waals surface area contributed by atoms with Gasteiger partial charge in [0.25, 0.3) is 0 Å². The first kappa shape index (κ1) is 9.44. The molecule has 1 N–H and O–H groups in total. The molecule has 3 nitrogen and oxygen atoms in total. The van der Waals surface area contributed by atoms with Crippen molar-refractivity contribution in [2.24, 2.45) is 0 Å². The van der Waals surface area contributed by atoms with Crippen molar-refractivity contribution in [2.45, 2.75) is 38.5 Å². The maximum atomic E-state index is 4.28. The van der Waals surface area contributed by atoms with Crippen molar-refractivity contribution in [1.29, 1.82) is 0 Å². The molecule has 0 atom stereocenters. The van der Waals surface area contributed by atoms with Gasteiger partial charge in [0, 0.05) is 7.05 Å². The molecule has 0 saturated carbocycles. The SMILES string of the molecule is CNc1cc2c(nn1)CCCCCC2. The third-order valence-electron chi connectivity index (χ3n) is 2.83. The molecule has 1 aliphatic rings. The van der Waals surface area contributed by atoms with E-state index in [1.807, 2.05) is 7.05 Å². The smallest absolute Gasteiger partial charge is 0.148 e. The van der Waals surface area contributed by atoms with E-state index in [9.17, 15) is 0 Å². The highest BCUT2D eigenvalue weighted by Gasteiger charge is 2.09. The Morgan fingerprint density at radius 3 is 2.64 bits per heavy atom. The highest BCUT2D eigenvalue weighted by Crippen LogP contribution is 2.19. The van der Waals surface area contributed by atoms with Gasteiger partial charge in [-0.2, -0.15) is 5.10 Å². The van der Waals surface area contributed by atoms with Crippen molar-refractivity contribution >= 4 is 5.82 Å². The van der Waals surface area contributed by atoms with E-state index in [1.165, 1.54) is 43.4 Å². The molecule has 0 aliphatic heterocycles. The average Bonchev–Trinajstić information content (AvgIpc) is 2.18. The molecule has 0 radical (unpaired) electrons. The summed E-state index contributed by atoms with van der Waals surface area (Å²) in [5.74, 6) is 0.893. The van der Waals surface area contributed by atoms with Crippen LogP contribution in [0.2, 0.25) is 0 Å². The topological polar surface area (TPSA) is 37.8 Å². The molecule has 0 aromatic carbocycles. The zero-order chi connectivity index (χ0) is 9.80. The second kappa shape index (κ2) is 4.40. The predicted octanol–water partition coefficient (Wildman–Crippen LogP) is 2.18. The van der Waals surface area contributed by atoms with Gasteiger partial charge in [-0.05, 0) is 37.3 Å². The monoisotopic (exact) mass is 191 g/mol. The van der Waals surface area contributed by atoms with Gasteiger partial charge in [-0.15, -0.1) is 5.10 Å². The largest absolute Gasteiger partial charge is 0.372 e. The Bertz CT molecular complexity index is 309. The Balaban J connectivity index is 2.26. The number of nitrogens with one attached hydrogen (secondary N) is 1. The maximum Gasteiger partial charge on any atom is 0.148 e. The van der Waals surface area contributed by atoms with Crippen LogP contribution >= 0.6 is 0 Å². The van der Waals surface area contributed by atoms with Crippen molar-refractivity contribution in [1.82, 2.24) is 10.2 Å². The van der Waals surface area contributed by atoms with E-state index < -0.39 is 0 Å². The summed E-state index contributed by atoms with van der Waals surface area (Å²) in [6, 6.07) is 2.15. The summed E-state index contributed by atoms with van der Waals surface area (Å²) in [7, 11) is 1.89. The van der Waals surface area contributed by atoms with E-state index in [1.54, 1.807) is 0 Å². The van der Waals surface area contributed by atoms with E-state index in [-0.39, 0.29) is 0 Å². The number of aryl methyl sites for hydroxylation is 2. The van der Waals surface area contributed by atoms with Crippen molar-refractivity contribution in [3.05, 3.63) is 17.3 Å². The Morgan fingerprint density at radius 1 is 1.07 bits per heavy atom. The second-order valence-corrected chi connectivity index (χ2v) is 3.87. The number of rotatable bonds is 1. The molecule has 0 bridgehead atoms. The van der Waals surface area contributed by atoms with Crippen LogP contribution in [0.15, 0.2) is 6.07 Å². The van der Waals surface area contributed by atoms with Crippen LogP contribution in [0.25, 0.3) is 0 Å². The molecule has 76 valence electrons. The van der Waals surface area contributed by atoms with E-state index >= 15 is 0 Å². The van der Waals surface area contributed by atoms with E-state index in [2.05, 4.69) is 21.6 Å². The van der Waals surface area contributed by atoms with Crippen molar-refractivity contribution in [2.75, 3.05) is 12.4 Å². The number of anilines is 1. The fourth-order valence-electron chi connectivity index (χ4n) is 1.97. The molecule has 0 fully saturated rings. The Hall–Kier alpha value is -1.12. The van der Waals surface area contributed by atoms with Gasteiger partial charge < -0.3 is 5.32 Å². The molecule has 1 aliphatic carbocycles. The molecular formula is C11H17N3. The molecule has 0 spiro atoms. The van der Waals surface area contributed by atoms with Crippen molar-refractivity contribution in [3.8, 4) is 0 Å². The van der Waals surface area contributed by atoms with Gasteiger partial charge in [0.1, 0.15) is 5.82 Å². The van der Waals surface area contributed by atoms with Crippen LogP contribution in [-0.2, 0) is 12.8 Å². The second-order valence-electron chi connectivity index (χ2n) is 3.87. The first-order valence-corrected chi connectivity index (χ1v) is 5.43. The highest BCUT2D eigenvalue weighted by atomic mass is 15.2. The molecule has 3 heteroatoms. The first-order valence-electron chi connectivity index (χ1n) is 5.43. The van der Waals surface area contributed by atoms with Gasteiger partial charge in [0.05, 0.1) is 5.69 Å². The fraction of sp³-hybridized carbons (Fsp3) is 0.636. The third kappa shape index (κ3) is 2.03. The summed E-state index contributed by atoms with van der Waals surface area (Å²) in [6.45, 7) is 0. The van der Waals surface area contributed by atoms with Gasteiger partial charge in [-0.25, -0.2) is 0 Å². The molecule has 14 heavy (non-hydrogen) atoms. The normalized spacial score (nSPS) is 16.6. The van der Waals surface area contributed by atoms with E-state index in [0.717, 1.165) is 12.2 Å². The summed E-state index contributed by atoms with van der Waals surface area (Å²) in [5, 5.41) is 11.4. The number of nitrogens with zero attached hydrogens (tertiary/aromatic N) is 2. The molecule has 0 unspecified atom stereocenters. The molecule has 1 heterocycles. The summed E-state index contributed by atoms with van der Waals surface area (Å²) >= 11 is 0. The summed E-state index contributed by atoms with van der Waals surface area (Å²) in [5.41, 5.74) is 2.60. The summed E-state index contributed by atoms with van der Waals surface area (Å²) < 4.78 is 0. The Kier molecular flexibility index (Phi) is 2.96. The molecule has 2 rings (SSSR count). The lowest BCUT2D eigenvalue weighted by Crippen LogP contribution is -2.06. The minimum Gasteiger partial charge on any atom is -0.372 e. The lowest BCUT2D eigenvalue weighted by molar-refractivity contribution is 0.603. The maximum absolute atomic E-state index is 4.28. The van der Waals surface area contributed by atoms with E-state index in [0.29, 0.717) is 0 Å². The minimum atomic E-state index is 0.893. The number of aromatic nitrogens is 2. The molecule has 1 aromatic heterocycles. The van der Waals surface area contributed by atoms with Crippen LogP contribution in [0.3, 0.4) is 0 Å². The van der Waals surface area contributed by atoms with Gasteiger partial charge in [0.15, 0.2) is 0 Å². The first-order chi connectivity index (χ1) is 6.90. The van der Waals surface area contributed by atoms with Gasteiger partial charge in [-0.1, -0.05) is 12.8 Å². The lowest BCUT2D eigenvalue weighted by atomic mass is 9.98. The zero-order valence-electron chi connectivity index (χ0n) is 8.71. The molecule has 0 amide bonds. The van der Waals surface area contributed by atoms with Crippen LogP contribution in [-0.4, -0.2) is 17.2 Å². The van der Waals surface area contributed by atoms with E-state index in [4.69, 9.17) is 0 Å². The molecule has 1 aromatic rings. The van der Waals surface area contributed by atoms with Crippen LogP contribution in [0.1, 0.15) is 36.9 Å². The fourth-order valence-corrected chi connectivity index (χ4v) is 1.97. The predicted molar refractivity (Wildman–Crippen MR) is 57.5 cm³/mol. The van der Waals surface area contributed by atoms with Crippen molar-refractivity contribution in [3.63, 3.8) is 0 Å². The summed E-state index contributed by atoms with van der Waals surface area (Å²) in [4.78, 5) is 0. The molecule has 0 saturated heterocycles. The Morgan fingerprint density at radius 2 is 1.86 bits per heavy atom. The van der Waals surface area contributed by atoms with Crippen LogP contribution in [0, 0.1) is 0 Å². The Labute approximate surface area is 84.9 Å². The quantitative estimate of drug-likeness (QED) is 0.739. The van der Waals surface area contributed by atoms with Crippen LogP contribution in [0.4, 0.5) is 5.82 Å². The van der Waals surface area contributed by atoms with Gasteiger partial charge in [0.2, 0.25) is 0 Å². The zero-order valence-corrected chi connectivity index (χ0v) is 8.71. The molecular weight excluding hydrogens is 174 g/mol. The average molecular weight is 191 g/mol. The lowest BCUT2D eigenvalue weighted by Gasteiger charge is -2.12. The number of hydrogen-bond donors (Lipinski definition) is 1. The van der Waals surface area contributed by atoms with Gasteiger partial charge in [-0.3, -0.25) is 0 Å².